The molecule has 1 saturated carbocycles. The zero-order valence-electron chi connectivity index (χ0n) is 16.6. The van der Waals surface area contributed by atoms with Gasteiger partial charge in [-0.05, 0) is 25.7 Å². The quantitative estimate of drug-likeness (QED) is 0.869. The van der Waals surface area contributed by atoms with E-state index in [1.807, 2.05) is 25.1 Å². The van der Waals surface area contributed by atoms with Crippen LogP contribution in [0, 0.1) is 5.92 Å². The van der Waals surface area contributed by atoms with Crippen molar-refractivity contribution in [1.29, 1.82) is 0 Å². The number of rotatable bonds is 3. The first-order valence-electron chi connectivity index (χ1n) is 10.2. The first-order valence-corrected chi connectivity index (χ1v) is 10.2. The average molecular weight is 381 g/mol. The number of carbonyl (C=O) groups excluding carboxylic acids is 1. The van der Waals surface area contributed by atoms with Gasteiger partial charge in [-0.2, -0.15) is 0 Å². The molecule has 1 saturated heterocycles. The molecule has 0 aromatic carbocycles. The number of aromatic nitrogens is 4. The smallest absolute Gasteiger partial charge is 0.226 e. The number of imidazole rings is 1. The summed E-state index contributed by atoms with van der Waals surface area (Å²) < 4.78 is 0. The van der Waals surface area contributed by atoms with Crippen LogP contribution in [0.4, 0.5) is 11.6 Å². The van der Waals surface area contributed by atoms with Crippen LogP contribution in [-0.4, -0.2) is 64.5 Å². The van der Waals surface area contributed by atoms with Gasteiger partial charge in [0, 0.05) is 57.8 Å². The second-order valence-corrected chi connectivity index (χ2v) is 8.39. The van der Waals surface area contributed by atoms with E-state index in [1.54, 1.807) is 12.7 Å². The zero-order valence-corrected chi connectivity index (χ0v) is 16.6. The third-order valence-electron chi connectivity index (χ3n) is 6.46. The first-order chi connectivity index (χ1) is 13.6. The van der Waals surface area contributed by atoms with Crippen LogP contribution in [0.1, 0.15) is 37.1 Å². The number of amides is 1. The third kappa shape index (κ3) is 2.73. The fourth-order valence-corrected chi connectivity index (χ4v) is 4.72. The maximum Gasteiger partial charge on any atom is 0.226 e. The lowest BCUT2D eigenvalue weighted by Gasteiger charge is -2.50. The highest BCUT2D eigenvalue weighted by atomic mass is 16.2. The topological polar surface area (TPSA) is 81.2 Å². The lowest BCUT2D eigenvalue weighted by Crippen LogP contribution is -2.58. The largest absolute Gasteiger partial charge is 0.363 e. The molecule has 28 heavy (non-hydrogen) atoms. The Labute approximate surface area is 165 Å². The van der Waals surface area contributed by atoms with Gasteiger partial charge in [0.15, 0.2) is 0 Å². The van der Waals surface area contributed by atoms with Crippen molar-refractivity contribution in [2.45, 2.75) is 37.6 Å². The molecule has 3 aliphatic rings. The van der Waals surface area contributed by atoms with Crippen LogP contribution in [0.3, 0.4) is 0 Å². The van der Waals surface area contributed by atoms with E-state index in [2.05, 4.69) is 29.7 Å². The molecule has 8 heteroatoms. The summed E-state index contributed by atoms with van der Waals surface area (Å²) in [7, 11) is 3.97. The fourth-order valence-electron chi connectivity index (χ4n) is 4.72. The van der Waals surface area contributed by atoms with Gasteiger partial charge in [-0.25, -0.2) is 15.0 Å². The van der Waals surface area contributed by atoms with Crippen molar-refractivity contribution in [2.75, 3.05) is 43.5 Å². The molecule has 2 aromatic heterocycles. The molecular weight excluding hydrogens is 354 g/mol. The number of nitrogens with zero attached hydrogens (tertiary/aromatic N) is 6. The summed E-state index contributed by atoms with van der Waals surface area (Å²) in [5, 5.41) is 0. The van der Waals surface area contributed by atoms with Crippen molar-refractivity contribution < 1.29 is 4.79 Å². The number of anilines is 2. The molecule has 2 fully saturated rings. The summed E-state index contributed by atoms with van der Waals surface area (Å²) in [6, 6.07) is 2.03. The van der Waals surface area contributed by atoms with Gasteiger partial charge < -0.3 is 19.7 Å². The summed E-state index contributed by atoms with van der Waals surface area (Å²) in [6.07, 6.45) is 8.13. The lowest BCUT2D eigenvalue weighted by molar-refractivity contribution is -0.142. The molecule has 1 aliphatic carbocycles. The third-order valence-corrected chi connectivity index (χ3v) is 6.46. The SMILES string of the molecule is CN(C)c1cc(N2CCC3(CC2)c2nc[nH]c2CCN3C(=O)C2CC2)ncn1. The van der Waals surface area contributed by atoms with E-state index in [9.17, 15) is 4.79 Å². The predicted octanol–water partition coefficient (Wildman–Crippen LogP) is 1.56. The molecule has 2 aliphatic heterocycles. The Balaban J connectivity index is 1.42. The van der Waals surface area contributed by atoms with Crippen LogP contribution in [-0.2, 0) is 16.8 Å². The molecule has 0 atom stereocenters. The standard InChI is InChI=1S/C20H27N7O/c1-25(2)16-11-17(23-13-22-16)26-9-6-20(7-10-26)18-15(21-12-24-18)5-8-27(20)19(28)14-3-4-14/h11-14H,3-10H2,1-2H3,(H,21,24). The maximum atomic E-state index is 13.1. The number of hydrogen-bond donors (Lipinski definition) is 1. The Bertz CT molecular complexity index is 880. The summed E-state index contributed by atoms with van der Waals surface area (Å²) in [5.74, 6) is 2.42. The number of hydrogen-bond acceptors (Lipinski definition) is 6. The van der Waals surface area contributed by atoms with Crippen molar-refractivity contribution in [2.24, 2.45) is 5.92 Å². The van der Waals surface area contributed by atoms with Crippen LogP contribution in [0.25, 0.3) is 0 Å². The molecular formula is C20H27N7O. The highest BCUT2D eigenvalue weighted by molar-refractivity contribution is 5.82. The molecule has 4 heterocycles. The van der Waals surface area contributed by atoms with Gasteiger partial charge in [0.1, 0.15) is 18.0 Å². The van der Waals surface area contributed by atoms with Crippen molar-refractivity contribution in [3.8, 4) is 0 Å². The number of nitrogens with one attached hydrogen (secondary N) is 1. The second kappa shape index (κ2) is 6.46. The van der Waals surface area contributed by atoms with Crippen LogP contribution in [0.15, 0.2) is 18.7 Å². The van der Waals surface area contributed by atoms with E-state index in [4.69, 9.17) is 0 Å². The van der Waals surface area contributed by atoms with Crippen LogP contribution < -0.4 is 9.80 Å². The van der Waals surface area contributed by atoms with Gasteiger partial charge in [0.05, 0.1) is 17.6 Å². The monoisotopic (exact) mass is 381 g/mol. The molecule has 5 rings (SSSR count). The molecule has 1 N–H and O–H groups in total. The summed E-state index contributed by atoms with van der Waals surface area (Å²) in [4.78, 5) is 36.3. The van der Waals surface area contributed by atoms with Gasteiger partial charge in [-0.15, -0.1) is 0 Å². The minimum absolute atomic E-state index is 0.236. The van der Waals surface area contributed by atoms with E-state index in [1.165, 1.54) is 5.69 Å². The van der Waals surface area contributed by atoms with Crippen LogP contribution in [0.2, 0.25) is 0 Å². The summed E-state index contributed by atoms with van der Waals surface area (Å²) >= 11 is 0. The van der Waals surface area contributed by atoms with E-state index >= 15 is 0 Å². The highest BCUT2D eigenvalue weighted by Crippen LogP contribution is 2.45. The number of fused-ring (bicyclic) bond motifs is 2. The van der Waals surface area contributed by atoms with Crippen LogP contribution in [0.5, 0.6) is 0 Å². The summed E-state index contributed by atoms with van der Waals surface area (Å²) in [6.45, 7) is 2.50. The van der Waals surface area contributed by atoms with E-state index in [0.29, 0.717) is 5.91 Å². The molecule has 148 valence electrons. The van der Waals surface area contributed by atoms with Crippen molar-refractivity contribution in [3.05, 3.63) is 30.1 Å². The van der Waals surface area contributed by atoms with E-state index in [-0.39, 0.29) is 11.5 Å². The Kier molecular flexibility index (Phi) is 4.03. The van der Waals surface area contributed by atoms with Gasteiger partial charge in [0.2, 0.25) is 5.91 Å². The minimum Gasteiger partial charge on any atom is -0.363 e. The maximum absolute atomic E-state index is 13.1. The Morgan fingerprint density at radius 3 is 2.68 bits per heavy atom. The number of piperidine rings is 1. The molecule has 0 radical (unpaired) electrons. The Morgan fingerprint density at radius 1 is 1.18 bits per heavy atom. The van der Waals surface area contributed by atoms with E-state index < -0.39 is 0 Å². The number of carbonyl (C=O) groups is 1. The number of H-pyrrole nitrogens is 1. The zero-order chi connectivity index (χ0) is 19.3. The van der Waals surface area contributed by atoms with Crippen LogP contribution >= 0.6 is 0 Å². The van der Waals surface area contributed by atoms with E-state index in [0.717, 1.165) is 69.1 Å². The van der Waals surface area contributed by atoms with Gasteiger partial charge >= 0.3 is 0 Å². The number of aromatic amines is 1. The van der Waals surface area contributed by atoms with Gasteiger partial charge in [0.25, 0.3) is 0 Å². The molecule has 0 bridgehead atoms. The molecule has 8 nitrogen and oxygen atoms in total. The molecule has 1 amide bonds. The molecule has 2 aromatic rings. The normalized spacial score (nSPS) is 20.9. The Morgan fingerprint density at radius 2 is 1.96 bits per heavy atom. The molecule has 0 unspecified atom stereocenters. The summed E-state index contributed by atoms with van der Waals surface area (Å²) in [5.41, 5.74) is 2.01. The van der Waals surface area contributed by atoms with Crippen molar-refractivity contribution in [3.63, 3.8) is 0 Å². The predicted molar refractivity (Wildman–Crippen MR) is 106 cm³/mol. The average Bonchev–Trinajstić information content (AvgIpc) is 3.45. The van der Waals surface area contributed by atoms with Crippen molar-refractivity contribution >= 4 is 17.5 Å². The van der Waals surface area contributed by atoms with Gasteiger partial charge in [-0.1, -0.05) is 0 Å². The molecule has 1 spiro atoms. The highest BCUT2D eigenvalue weighted by Gasteiger charge is 2.51. The fraction of sp³-hybridized carbons (Fsp3) is 0.600. The first kappa shape index (κ1) is 17.5. The minimum atomic E-state index is -0.277. The lowest BCUT2D eigenvalue weighted by atomic mass is 9.78. The second-order valence-electron chi connectivity index (χ2n) is 8.39. The Hall–Kier alpha value is -2.64. The van der Waals surface area contributed by atoms with Gasteiger partial charge in [-0.3, -0.25) is 4.79 Å². The van der Waals surface area contributed by atoms with Crippen molar-refractivity contribution in [1.82, 2.24) is 24.8 Å².